The fourth-order valence-corrected chi connectivity index (χ4v) is 3.00. The van der Waals surface area contributed by atoms with Crippen LogP contribution in [0.2, 0.25) is 0 Å². The third-order valence-corrected chi connectivity index (χ3v) is 4.35. The van der Waals surface area contributed by atoms with E-state index in [2.05, 4.69) is 57.9 Å². The van der Waals surface area contributed by atoms with Crippen molar-refractivity contribution in [1.29, 1.82) is 0 Å². The molecule has 7 nitrogen and oxygen atoms in total. The molecule has 4 rings (SSSR count). The lowest BCUT2D eigenvalue weighted by Crippen LogP contribution is -2.15. The summed E-state index contributed by atoms with van der Waals surface area (Å²) >= 11 is 0. The van der Waals surface area contributed by atoms with Crippen LogP contribution in [0.15, 0.2) is 42.6 Å². The van der Waals surface area contributed by atoms with Crippen LogP contribution in [0.5, 0.6) is 11.5 Å². The van der Waals surface area contributed by atoms with Gasteiger partial charge in [0.05, 0.1) is 6.20 Å². The highest BCUT2D eigenvalue weighted by Gasteiger charge is 2.12. The van der Waals surface area contributed by atoms with Crippen molar-refractivity contribution in [2.45, 2.75) is 20.3 Å². The first-order valence-electron chi connectivity index (χ1n) is 8.95. The van der Waals surface area contributed by atoms with Crippen LogP contribution in [0.1, 0.15) is 18.1 Å². The molecule has 0 fully saturated rings. The largest absolute Gasteiger partial charge is 0.486 e. The zero-order valence-electron chi connectivity index (χ0n) is 15.3. The summed E-state index contributed by atoms with van der Waals surface area (Å²) < 4.78 is 11.2. The molecular formula is C20H21N5O2. The molecule has 0 saturated heterocycles. The van der Waals surface area contributed by atoms with E-state index < -0.39 is 0 Å². The van der Waals surface area contributed by atoms with Gasteiger partial charge >= 0.3 is 0 Å². The van der Waals surface area contributed by atoms with Crippen molar-refractivity contribution in [1.82, 2.24) is 15.2 Å². The van der Waals surface area contributed by atoms with E-state index in [0.29, 0.717) is 25.0 Å². The summed E-state index contributed by atoms with van der Waals surface area (Å²) in [5.74, 6) is 2.51. The average molecular weight is 363 g/mol. The second-order valence-corrected chi connectivity index (χ2v) is 6.24. The molecule has 0 amide bonds. The highest BCUT2D eigenvalue weighted by atomic mass is 16.6. The first kappa shape index (κ1) is 17.1. The Labute approximate surface area is 157 Å². The van der Waals surface area contributed by atoms with Gasteiger partial charge < -0.3 is 20.1 Å². The zero-order chi connectivity index (χ0) is 18.6. The summed E-state index contributed by atoms with van der Waals surface area (Å²) in [5, 5.41) is 14.7. The van der Waals surface area contributed by atoms with E-state index >= 15 is 0 Å². The number of hydrogen-bond acceptors (Lipinski definition) is 7. The smallest absolute Gasteiger partial charge is 0.249 e. The predicted molar refractivity (Wildman–Crippen MR) is 104 cm³/mol. The number of fused-ring (bicyclic) bond motifs is 1. The van der Waals surface area contributed by atoms with Gasteiger partial charge in [0.2, 0.25) is 5.95 Å². The normalized spacial score (nSPS) is 12.5. The van der Waals surface area contributed by atoms with Crippen LogP contribution in [0.4, 0.5) is 23.1 Å². The number of nitrogens with zero attached hydrogens (tertiary/aromatic N) is 3. The maximum atomic E-state index is 5.62. The van der Waals surface area contributed by atoms with Crippen molar-refractivity contribution in [2.24, 2.45) is 0 Å². The van der Waals surface area contributed by atoms with Crippen molar-refractivity contribution >= 4 is 23.1 Å². The molecule has 27 heavy (non-hydrogen) atoms. The molecule has 0 aliphatic carbocycles. The van der Waals surface area contributed by atoms with E-state index in [4.69, 9.17) is 9.47 Å². The van der Waals surface area contributed by atoms with Gasteiger partial charge in [-0.25, -0.2) is 0 Å². The van der Waals surface area contributed by atoms with Crippen LogP contribution >= 0.6 is 0 Å². The SMILES string of the molecule is CCc1cccc(C)c1Nc1nncc(Nc2ccc3c(c2)OCCO3)n1. The molecule has 0 spiro atoms. The molecule has 2 heterocycles. The molecule has 2 N–H and O–H groups in total. The number of hydrogen-bond donors (Lipinski definition) is 2. The summed E-state index contributed by atoms with van der Waals surface area (Å²) in [6.07, 6.45) is 2.51. The molecule has 138 valence electrons. The second-order valence-electron chi connectivity index (χ2n) is 6.24. The molecule has 7 heteroatoms. The van der Waals surface area contributed by atoms with Crippen LogP contribution in [-0.2, 0) is 6.42 Å². The third kappa shape index (κ3) is 3.76. The molecule has 0 unspecified atom stereocenters. The molecule has 1 aliphatic heterocycles. The lowest BCUT2D eigenvalue weighted by molar-refractivity contribution is 0.171. The summed E-state index contributed by atoms with van der Waals surface area (Å²) in [5.41, 5.74) is 4.22. The number of benzene rings is 2. The van der Waals surface area contributed by atoms with Gasteiger partial charge in [0.15, 0.2) is 17.3 Å². The number of nitrogens with one attached hydrogen (secondary N) is 2. The van der Waals surface area contributed by atoms with E-state index in [-0.39, 0.29) is 0 Å². The number of ether oxygens (including phenoxy) is 2. The topological polar surface area (TPSA) is 81.2 Å². The summed E-state index contributed by atoms with van der Waals surface area (Å²) in [6, 6.07) is 11.9. The van der Waals surface area contributed by atoms with Crippen LogP contribution in [0.25, 0.3) is 0 Å². The number of aromatic nitrogens is 3. The first-order valence-corrected chi connectivity index (χ1v) is 8.95. The number of aryl methyl sites for hydroxylation is 2. The Morgan fingerprint density at radius 3 is 2.74 bits per heavy atom. The minimum Gasteiger partial charge on any atom is -0.486 e. The number of rotatable bonds is 5. The molecule has 1 aromatic heterocycles. The van der Waals surface area contributed by atoms with Crippen molar-refractivity contribution in [3.05, 3.63) is 53.7 Å². The lowest BCUT2D eigenvalue weighted by atomic mass is 10.1. The van der Waals surface area contributed by atoms with E-state index in [9.17, 15) is 0 Å². The average Bonchev–Trinajstić information content (AvgIpc) is 2.70. The fourth-order valence-electron chi connectivity index (χ4n) is 3.00. The van der Waals surface area contributed by atoms with E-state index in [0.717, 1.165) is 34.9 Å². The Morgan fingerprint density at radius 2 is 1.89 bits per heavy atom. The fraction of sp³-hybridized carbons (Fsp3) is 0.250. The summed E-state index contributed by atoms with van der Waals surface area (Å²) in [4.78, 5) is 4.52. The van der Waals surface area contributed by atoms with Crippen molar-refractivity contribution in [3.8, 4) is 11.5 Å². The summed E-state index contributed by atoms with van der Waals surface area (Å²) in [7, 11) is 0. The number of para-hydroxylation sites is 1. The minimum absolute atomic E-state index is 0.446. The molecule has 0 saturated carbocycles. The van der Waals surface area contributed by atoms with Crippen LogP contribution < -0.4 is 20.1 Å². The maximum absolute atomic E-state index is 5.62. The third-order valence-electron chi connectivity index (χ3n) is 4.35. The Hall–Kier alpha value is -3.35. The van der Waals surface area contributed by atoms with Crippen molar-refractivity contribution in [3.63, 3.8) is 0 Å². The van der Waals surface area contributed by atoms with E-state index in [1.807, 2.05) is 18.2 Å². The first-order chi connectivity index (χ1) is 13.2. The minimum atomic E-state index is 0.446. The molecule has 1 aliphatic rings. The highest BCUT2D eigenvalue weighted by Crippen LogP contribution is 2.33. The van der Waals surface area contributed by atoms with Crippen molar-refractivity contribution in [2.75, 3.05) is 23.8 Å². The van der Waals surface area contributed by atoms with Gasteiger partial charge in [0.1, 0.15) is 13.2 Å². The van der Waals surface area contributed by atoms with Gasteiger partial charge in [0.25, 0.3) is 0 Å². The maximum Gasteiger partial charge on any atom is 0.249 e. The molecule has 0 atom stereocenters. The molecule has 0 bridgehead atoms. The number of anilines is 4. The lowest BCUT2D eigenvalue weighted by Gasteiger charge is -2.19. The molecule has 2 aromatic carbocycles. The zero-order valence-corrected chi connectivity index (χ0v) is 15.3. The van der Waals surface area contributed by atoms with Crippen LogP contribution in [-0.4, -0.2) is 28.4 Å². The highest BCUT2D eigenvalue weighted by molar-refractivity contribution is 5.65. The Morgan fingerprint density at radius 1 is 1.04 bits per heavy atom. The van der Waals surface area contributed by atoms with Crippen LogP contribution in [0, 0.1) is 6.92 Å². The molecule has 3 aromatic rings. The van der Waals surface area contributed by atoms with Gasteiger partial charge in [-0.3, -0.25) is 0 Å². The van der Waals surface area contributed by atoms with Gasteiger partial charge in [-0.2, -0.15) is 10.1 Å². The van der Waals surface area contributed by atoms with E-state index in [1.165, 1.54) is 5.56 Å². The molecule has 0 radical (unpaired) electrons. The van der Waals surface area contributed by atoms with Crippen molar-refractivity contribution < 1.29 is 9.47 Å². The molecular weight excluding hydrogens is 342 g/mol. The Bertz CT molecular complexity index is 961. The summed E-state index contributed by atoms with van der Waals surface area (Å²) in [6.45, 7) is 5.31. The monoisotopic (exact) mass is 363 g/mol. The van der Waals surface area contributed by atoms with Gasteiger partial charge in [-0.1, -0.05) is 25.1 Å². The quantitative estimate of drug-likeness (QED) is 0.709. The standard InChI is InChI=1S/C20H21N5O2/c1-3-14-6-4-5-13(2)19(14)24-20-23-18(12-21-25-20)22-15-7-8-16-17(11-15)27-10-9-26-16/h4-8,11-12H,3,9-10H2,1-2H3,(H2,22,23,24,25). The predicted octanol–water partition coefficient (Wildman–Crippen LogP) is 4.00. The Balaban J connectivity index is 1.55. The van der Waals surface area contributed by atoms with Gasteiger partial charge in [-0.15, -0.1) is 5.10 Å². The Kier molecular flexibility index (Phi) is 4.74. The van der Waals surface area contributed by atoms with Gasteiger partial charge in [-0.05, 0) is 36.6 Å². The van der Waals surface area contributed by atoms with Crippen LogP contribution in [0.3, 0.4) is 0 Å². The van der Waals surface area contributed by atoms with Gasteiger partial charge in [0, 0.05) is 17.4 Å². The van der Waals surface area contributed by atoms with E-state index in [1.54, 1.807) is 6.20 Å². The second kappa shape index (κ2) is 7.49.